The predicted molar refractivity (Wildman–Crippen MR) is 83.8 cm³/mol. The van der Waals surface area contributed by atoms with Crippen molar-refractivity contribution in [1.82, 2.24) is 15.1 Å². The summed E-state index contributed by atoms with van der Waals surface area (Å²) in [4.78, 5) is 27.9. The number of nitrogens with one attached hydrogen (secondary N) is 1. The molecule has 2 atom stereocenters. The lowest BCUT2D eigenvalue weighted by molar-refractivity contribution is -0.127. The molecule has 8 heteroatoms. The standard InChI is InChI=1S/C17H18F3N3O2/c1-4-8(2)23-7-13-14(16(23)24)15(21-17(25)22(13)3)9-5-11(19)12(20)6-10(9)18/h5-6,8,15H,4,7H2,1-3H3,(H,21,25)/t8-,15+/m1/s1. The zero-order valence-electron chi connectivity index (χ0n) is 14.1. The van der Waals surface area contributed by atoms with Gasteiger partial charge in [-0.3, -0.25) is 9.69 Å². The quantitative estimate of drug-likeness (QED) is 0.850. The first kappa shape index (κ1) is 17.3. The third-order valence-electron chi connectivity index (χ3n) is 4.86. The van der Waals surface area contributed by atoms with Crippen LogP contribution < -0.4 is 5.32 Å². The average molecular weight is 353 g/mol. The summed E-state index contributed by atoms with van der Waals surface area (Å²) in [6.45, 7) is 4.02. The topological polar surface area (TPSA) is 52.7 Å². The number of hydrogen-bond acceptors (Lipinski definition) is 2. The van der Waals surface area contributed by atoms with E-state index in [4.69, 9.17) is 0 Å². The van der Waals surface area contributed by atoms with E-state index in [0.717, 1.165) is 0 Å². The summed E-state index contributed by atoms with van der Waals surface area (Å²) in [5.41, 5.74) is 0.364. The summed E-state index contributed by atoms with van der Waals surface area (Å²) in [5, 5.41) is 2.50. The lowest BCUT2D eigenvalue weighted by atomic mass is 9.95. The van der Waals surface area contributed by atoms with E-state index in [-0.39, 0.29) is 29.6 Å². The maximum Gasteiger partial charge on any atom is 0.322 e. The highest BCUT2D eigenvalue weighted by atomic mass is 19.2. The van der Waals surface area contributed by atoms with Crippen molar-refractivity contribution in [3.05, 3.63) is 46.4 Å². The van der Waals surface area contributed by atoms with E-state index in [0.29, 0.717) is 24.3 Å². The number of nitrogens with zero attached hydrogens (tertiary/aromatic N) is 2. The van der Waals surface area contributed by atoms with Crippen molar-refractivity contribution in [2.24, 2.45) is 0 Å². The van der Waals surface area contributed by atoms with Crippen LogP contribution in [0.5, 0.6) is 0 Å². The van der Waals surface area contributed by atoms with Crippen LogP contribution in [0.3, 0.4) is 0 Å². The van der Waals surface area contributed by atoms with Crippen molar-refractivity contribution >= 4 is 11.9 Å². The number of halogens is 3. The Kier molecular flexibility index (Phi) is 4.22. The van der Waals surface area contributed by atoms with E-state index in [9.17, 15) is 22.8 Å². The van der Waals surface area contributed by atoms with Gasteiger partial charge in [-0.1, -0.05) is 6.92 Å². The molecule has 0 radical (unpaired) electrons. The summed E-state index contributed by atoms with van der Waals surface area (Å²) in [7, 11) is 1.51. The van der Waals surface area contributed by atoms with Gasteiger partial charge in [0.1, 0.15) is 5.82 Å². The van der Waals surface area contributed by atoms with Gasteiger partial charge in [-0.15, -0.1) is 0 Å². The molecule has 0 fully saturated rings. The van der Waals surface area contributed by atoms with Gasteiger partial charge < -0.3 is 10.2 Å². The van der Waals surface area contributed by atoms with E-state index < -0.39 is 29.5 Å². The van der Waals surface area contributed by atoms with Gasteiger partial charge in [-0.05, 0) is 19.4 Å². The fourth-order valence-electron chi connectivity index (χ4n) is 3.16. The maximum atomic E-state index is 14.2. The van der Waals surface area contributed by atoms with Crippen LogP contribution in [-0.2, 0) is 4.79 Å². The highest BCUT2D eigenvalue weighted by molar-refractivity contribution is 6.01. The number of urea groups is 1. The van der Waals surface area contributed by atoms with Gasteiger partial charge in [0, 0.05) is 24.7 Å². The Labute approximate surface area is 143 Å². The van der Waals surface area contributed by atoms with Crippen molar-refractivity contribution in [3.63, 3.8) is 0 Å². The molecule has 3 rings (SSSR count). The second-order valence-corrected chi connectivity index (χ2v) is 6.28. The Morgan fingerprint density at radius 1 is 1.20 bits per heavy atom. The van der Waals surface area contributed by atoms with E-state index in [1.807, 2.05) is 13.8 Å². The summed E-state index contributed by atoms with van der Waals surface area (Å²) in [6, 6.07) is -0.662. The highest BCUT2D eigenvalue weighted by Gasteiger charge is 2.44. The van der Waals surface area contributed by atoms with Crippen molar-refractivity contribution in [2.45, 2.75) is 32.4 Å². The lowest BCUT2D eigenvalue weighted by Gasteiger charge is -2.31. The fraction of sp³-hybridized carbons (Fsp3) is 0.412. The van der Waals surface area contributed by atoms with Gasteiger partial charge in [0.2, 0.25) is 0 Å². The second-order valence-electron chi connectivity index (χ2n) is 6.28. The van der Waals surface area contributed by atoms with Gasteiger partial charge >= 0.3 is 6.03 Å². The minimum Gasteiger partial charge on any atom is -0.330 e. The van der Waals surface area contributed by atoms with Crippen LogP contribution in [0.25, 0.3) is 0 Å². The van der Waals surface area contributed by atoms with Crippen LogP contribution in [0.2, 0.25) is 0 Å². The van der Waals surface area contributed by atoms with Crippen molar-refractivity contribution in [1.29, 1.82) is 0 Å². The maximum absolute atomic E-state index is 14.2. The largest absolute Gasteiger partial charge is 0.330 e. The summed E-state index contributed by atoms with van der Waals surface area (Å²) in [5.74, 6) is -3.93. The molecule has 3 amide bonds. The summed E-state index contributed by atoms with van der Waals surface area (Å²) in [6.07, 6.45) is 0.710. The number of hydrogen-bond donors (Lipinski definition) is 1. The predicted octanol–water partition coefficient (Wildman–Crippen LogP) is 2.69. The molecule has 1 aromatic rings. The van der Waals surface area contributed by atoms with Crippen LogP contribution in [-0.4, -0.2) is 41.4 Å². The molecule has 1 N–H and O–H groups in total. The Morgan fingerprint density at radius 2 is 1.84 bits per heavy atom. The molecule has 25 heavy (non-hydrogen) atoms. The van der Waals surface area contributed by atoms with Gasteiger partial charge in [0.05, 0.1) is 23.9 Å². The SMILES string of the molecule is CC[C@@H](C)N1CC2=C(C1=O)[C@H](c1cc(F)c(F)cc1F)NC(=O)N2C. The highest BCUT2D eigenvalue weighted by Crippen LogP contribution is 2.37. The molecular weight excluding hydrogens is 335 g/mol. The number of amides is 3. The molecule has 5 nitrogen and oxygen atoms in total. The van der Waals surface area contributed by atoms with Gasteiger partial charge in [0.15, 0.2) is 11.6 Å². The molecule has 0 saturated heterocycles. The summed E-state index contributed by atoms with van der Waals surface area (Å²) >= 11 is 0. The van der Waals surface area contributed by atoms with E-state index in [1.165, 1.54) is 11.9 Å². The zero-order chi connectivity index (χ0) is 18.5. The van der Waals surface area contributed by atoms with E-state index >= 15 is 0 Å². The monoisotopic (exact) mass is 353 g/mol. The number of carbonyl (C=O) groups is 2. The first-order chi connectivity index (χ1) is 11.8. The number of carbonyl (C=O) groups excluding carboxylic acids is 2. The third-order valence-corrected chi connectivity index (χ3v) is 4.86. The van der Waals surface area contributed by atoms with Gasteiger partial charge in [0.25, 0.3) is 5.91 Å². The van der Waals surface area contributed by atoms with E-state index in [2.05, 4.69) is 5.32 Å². The Hall–Kier alpha value is -2.51. The van der Waals surface area contributed by atoms with Crippen molar-refractivity contribution in [2.75, 3.05) is 13.6 Å². The number of benzene rings is 1. The Morgan fingerprint density at radius 3 is 2.48 bits per heavy atom. The molecule has 0 spiro atoms. The van der Waals surface area contributed by atoms with Gasteiger partial charge in [-0.2, -0.15) is 0 Å². The van der Waals surface area contributed by atoms with Gasteiger partial charge in [-0.25, -0.2) is 18.0 Å². The van der Waals surface area contributed by atoms with Crippen LogP contribution >= 0.6 is 0 Å². The van der Waals surface area contributed by atoms with Crippen molar-refractivity contribution in [3.8, 4) is 0 Å². The Bertz CT molecular complexity index is 794. The zero-order valence-corrected chi connectivity index (χ0v) is 14.1. The molecular formula is C17H18F3N3O2. The molecule has 0 aromatic heterocycles. The molecule has 1 aromatic carbocycles. The first-order valence-corrected chi connectivity index (χ1v) is 7.98. The second kappa shape index (κ2) is 6.09. The molecule has 0 saturated carbocycles. The minimum absolute atomic E-state index is 0.0722. The minimum atomic E-state index is -1.33. The number of likely N-dealkylation sites (N-methyl/N-ethyl adjacent to an activating group) is 1. The third kappa shape index (κ3) is 2.65. The van der Waals surface area contributed by atoms with Crippen LogP contribution in [0.4, 0.5) is 18.0 Å². The smallest absolute Gasteiger partial charge is 0.322 e. The molecule has 2 heterocycles. The fourth-order valence-corrected chi connectivity index (χ4v) is 3.16. The number of rotatable bonds is 3. The van der Waals surface area contributed by atoms with E-state index in [1.54, 1.807) is 4.90 Å². The van der Waals surface area contributed by atoms with Crippen LogP contribution in [0.15, 0.2) is 23.4 Å². The molecule has 0 unspecified atom stereocenters. The Balaban J connectivity index is 2.10. The lowest BCUT2D eigenvalue weighted by Crippen LogP contribution is -2.45. The summed E-state index contributed by atoms with van der Waals surface area (Å²) < 4.78 is 41.1. The normalized spacial score (nSPS) is 21.6. The molecule has 0 bridgehead atoms. The van der Waals surface area contributed by atoms with Crippen molar-refractivity contribution < 1.29 is 22.8 Å². The first-order valence-electron chi connectivity index (χ1n) is 7.98. The van der Waals surface area contributed by atoms with Crippen LogP contribution in [0.1, 0.15) is 31.9 Å². The van der Waals surface area contributed by atoms with Crippen LogP contribution in [0, 0.1) is 17.5 Å². The molecule has 134 valence electrons. The average Bonchev–Trinajstić information content (AvgIpc) is 2.92. The molecule has 0 aliphatic carbocycles. The molecule has 2 aliphatic rings. The molecule has 2 aliphatic heterocycles.